The first-order valence-corrected chi connectivity index (χ1v) is 8.42. The van der Waals surface area contributed by atoms with E-state index in [-0.39, 0.29) is 0 Å². The van der Waals surface area contributed by atoms with Crippen LogP contribution < -0.4 is 5.32 Å². The fourth-order valence-corrected chi connectivity index (χ4v) is 3.31. The third-order valence-corrected chi connectivity index (χ3v) is 4.65. The molecule has 0 aliphatic carbocycles. The van der Waals surface area contributed by atoms with Gasteiger partial charge in [0.25, 0.3) is 0 Å². The average Bonchev–Trinajstić information content (AvgIpc) is 2.98. The van der Waals surface area contributed by atoms with Crippen molar-refractivity contribution in [2.75, 3.05) is 53.0 Å². The van der Waals surface area contributed by atoms with E-state index in [1.54, 1.807) is 7.11 Å². The van der Waals surface area contributed by atoms with Crippen LogP contribution in [0.4, 0.5) is 0 Å². The van der Waals surface area contributed by atoms with E-state index < -0.39 is 0 Å². The van der Waals surface area contributed by atoms with Gasteiger partial charge in [-0.15, -0.1) is 0 Å². The molecule has 4 heteroatoms. The van der Waals surface area contributed by atoms with Crippen LogP contribution in [0.2, 0.25) is 0 Å². The van der Waals surface area contributed by atoms with E-state index in [9.17, 15) is 0 Å². The van der Waals surface area contributed by atoms with Gasteiger partial charge in [0.2, 0.25) is 0 Å². The predicted molar refractivity (Wildman–Crippen MR) is 82.1 cm³/mol. The minimum atomic E-state index is 0.567. The number of likely N-dealkylation sites (tertiary alicyclic amines) is 1. The Balaban J connectivity index is 1.46. The highest BCUT2D eigenvalue weighted by Gasteiger charge is 2.19. The lowest BCUT2D eigenvalue weighted by molar-refractivity contribution is 0.0958. The Labute approximate surface area is 124 Å². The first kappa shape index (κ1) is 16.2. The molecule has 0 amide bonds. The van der Waals surface area contributed by atoms with Crippen LogP contribution in [0.3, 0.4) is 0 Å². The van der Waals surface area contributed by atoms with Gasteiger partial charge in [0.05, 0.1) is 12.7 Å². The van der Waals surface area contributed by atoms with E-state index in [1.165, 1.54) is 58.2 Å². The van der Waals surface area contributed by atoms with Crippen LogP contribution in [0.5, 0.6) is 0 Å². The van der Waals surface area contributed by atoms with Crippen molar-refractivity contribution in [1.29, 1.82) is 0 Å². The monoisotopic (exact) mass is 284 g/mol. The Hall–Kier alpha value is -0.160. The molecule has 1 atom stereocenters. The summed E-state index contributed by atoms with van der Waals surface area (Å²) in [6, 6.07) is 0. The zero-order valence-corrected chi connectivity index (χ0v) is 13.1. The number of piperidine rings is 1. The van der Waals surface area contributed by atoms with E-state index >= 15 is 0 Å². The smallest absolute Gasteiger partial charge is 0.0587 e. The molecule has 0 saturated carbocycles. The number of hydrogen-bond donors (Lipinski definition) is 1. The Bertz CT molecular complexity index is 237. The van der Waals surface area contributed by atoms with Gasteiger partial charge in [-0.2, -0.15) is 0 Å². The summed E-state index contributed by atoms with van der Waals surface area (Å²) in [5, 5.41) is 3.49. The quantitative estimate of drug-likeness (QED) is 0.656. The van der Waals surface area contributed by atoms with Gasteiger partial charge in [-0.1, -0.05) is 0 Å². The number of hydrogen-bond acceptors (Lipinski definition) is 4. The SMILES string of the molecule is COCCNCC1CCN(CCCC2CCCO2)CC1. The van der Waals surface area contributed by atoms with E-state index in [1.807, 2.05) is 0 Å². The first-order chi connectivity index (χ1) is 9.88. The molecule has 1 N–H and O–H groups in total. The Morgan fingerprint density at radius 3 is 2.80 bits per heavy atom. The molecule has 2 heterocycles. The van der Waals surface area contributed by atoms with E-state index in [0.29, 0.717) is 6.10 Å². The maximum absolute atomic E-state index is 5.69. The summed E-state index contributed by atoms with van der Waals surface area (Å²) in [7, 11) is 1.76. The maximum Gasteiger partial charge on any atom is 0.0587 e. The lowest BCUT2D eigenvalue weighted by Gasteiger charge is -2.32. The molecule has 0 bridgehead atoms. The standard InChI is InChI=1S/C16H32N2O2/c1-19-13-8-17-14-15-6-10-18(11-7-15)9-2-4-16-5-3-12-20-16/h15-17H,2-14H2,1H3. The van der Waals surface area contributed by atoms with Crippen molar-refractivity contribution in [2.24, 2.45) is 5.92 Å². The van der Waals surface area contributed by atoms with Crippen LogP contribution >= 0.6 is 0 Å². The summed E-state index contributed by atoms with van der Waals surface area (Å²) in [5.41, 5.74) is 0. The van der Waals surface area contributed by atoms with Gasteiger partial charge in [-0.05, 0) is 70.6 Å². The van der Waals surface area contributed by atoms with E-state index in [2.05, 4.69) is 10.2 Å². The Morgan fingerprint density at radius 1 is 1.25 bits per heavy atom. The van der Waals surface area contributed by atoms with Crippen LogP contribution in [0.15, 0.2) is 0 Å². The molecule has 118 valence electrons. The van der Waals surface area contributed by atoms with Crippen molar-refractivity contribution in [3.05, 3.63) is 0 Å². The molecule has 0 aromatic carbocycles. The highest BCUT2D eigenvalue weighted by Crippen LogP contribution is 2.19. The average molecular weight is 284 g/mol. The van der Waals surface area contributed by atoms with Gasteiger partial charge in [0, 0.05) is 20.3 Å². The third-order valence-electron chi connectivity index (χ3n) is 4.65. The summed E-state index contributed by atoms with van der Waals surface area (Å²) >= 11 is 0. The van der Waals surface area contributed by atoms with Crippen LogP contribution in [-0.4, -0.2) is 64.1 Å². The van der Waals surface area contributed by atoms with Gasteiger partial charge >= 0.3 is 0 Å². The first-order valence-electron chi connectivity index (χ1n) is 8.42. The van der Waals surface area contributed by atoms with E-state index in [0.717, 1.165) is 32.2 Å². The van der Waals surface area contributed by atoms with Crippen LogP contribution in [0.1, 0.15) is 38.5 Å². The zero-order chi connectivity index (χ0) is 14.0. The minimum Gasteiger partial charge on any atom is -0.383 e. The largest absolute Gasteiger partial charge is 0.383 e. The van der Waals surface area contributed by atoms with Crippen LogP contribution in [-0.2, 0) is 9.47 Å². The fourth-order valence-electron chi connectivity index (χ4n) is 3.31. The third kappa shape index (κ3) is 6.08. The number of nitrogens with one attached hydrogen (secondary N) is 1. The molecular weight excluding hydrogens is 252 g/mol. The number of ether oxygens (including phenoxy) is 2. The van der Waals surface area contributed by atoms with Crippen LogP contribution in [0, 0.1) is 5.92 Å². The fraction of sp³-hybridized carbons (Fsp3) is 1.00. The van der Waals surface area contributed by atoms with E-state index in [4.69, 9.17) is 9.47 Å². The second-order valence-corrected chi connectivity index (χ2v) is 6.26. The van der Waals surface area contributed by atoms with Crippen LogP contribution in [0.25, 0.3) is 0 Å². The molecule has 2 aliphatic heterocycles. The lowest BCUT2D eigenvalue weighted by Crippen LogP contribution is -2.38. The van der Waals surface area contributed by atoms with Gasteiger partial charge in [-0.25, -0.2) is 0 Å². The topological polar surface area (TPSA) is 33.7 Å². The molecule has 2 rings (SSSR count). The summed E-state index contributed by atoms with van der Waals surface area (Å²) in [5.74, 6) is 0.862. The lowest BCUT2D eigenvalue weighted by atomic mass is 9.96. The molecule has 0 aromatic rings. The van der Waals surface area contributed by atoms with Gasteiger partial charge in [-0.3, -0.25) is 0 Å². The van der Waals surface area contributed by atoms with Crippen molar-refractivity contribution >= 4 is 0 Å². The Kier molecular flexibility index (Phi) is 7.88. The second kappa shape index (κ2) is 9.72. The predicted octanol–water partition coefficient (Wildman–Crippen LogP) is 1.89. The molecule has 2 aliphatic rings. The molecule has 2 fully saturated rings. The number of methoxy groups -OCH3 is 1. The molecule has 1 unspecified atom stereocenters. The van der Waals surface area contributed by atoms with Crippen molar-refractivity contribution in [3.63, 3.8) is 0 Å². The Morgan fingerprint density at radius 2 is 2.10 bits per heavy atom. The summed E-state index contributed by atoms with van der Waals surface area (Å²) in [6.07, 6.45) is 8.39. The molecule has 0 spiro atoms. The normalized spacial score (nSPS) is 25.4. The summed E-state index contributed by atoms with van der Waals surface area (Å²) in [6.45, 7) is 7.79. The number of nitrogens with zero attached hydrogens (tertiary/aromatic N) is 1. The van der Waals surface area contributed by atoms with Gasteiger partial charge in [0.1, 0.15) is 0 Å². The van der Waals surface area contributed by atoms with Crippen molar-refractivity contribution in [2.45, 2.75) is 44.6 Å². The van der Waals surface area contributed by atoms with Gasteiger partial charge < -0.3 is 19.7 Å². The molecule has 0 radical (unpaired) electrons. The van der Waals surface area contributed by atoms with Gasteiger partial charge in [0.15, 0.2) is 0 Å². The molecule has 4 nitrogen and oxygen atoms in total. The van der Waals surface area contributed by atoms with Crippen molar-refractivity contribution in [3.8, 4) is 0 Å². The maximum atomic E-state index is 5.69. The molecular formula is C16H32N2O2. The number of rotatable bonds is 9. The molecule has 0 aromatic heterocycles. The highest BCUT2D eigenvalue weighted by atomic mass is 16.5. The van der Waals surface area contributed by atoms with Crippen molar-refractivity contribution < 1.29 is 9.47 Å². The summed E-state index contributed by atoms with van der Waals surface area (Å²) < 4.78 is 10.7. The highest BCUT2D eigenvalue weighted by molar-refractivity contribution is 4.74. The summed E-state index contributed by atoms with van der Waals surface area (Å²) in [4.78, 5) is 2.64. The molecule has 20 heavy (non-hydrogen) atoms. The minimum absolute atomic E-state index is 0.567. The van der Waals surface area contributed by atoms with Crippen molar-refractivity contribution in [1.82, 2.24) is 10.2 Å². The second-order valence-electron chi connectivity index (χ2n) is 6.26. The molecule has 2 saturated heterocycles. The zero-order valence-electron chi connectivity index (χ0n) is 13.1.